The van der Waals surface area contributed by atoms with E-state index in [1.807, 2.05) is 0 Å². The second-order valence-corrected chi connectivity index (χ2v) is 13.5. The molecule has 0 unspecified atom stereocenters. The van der Waals surface area contributed by atoms with E-state index < -0.39 is 8.32 Å². The maximum atomic E-state index is 11.8. The van der Waals surface area contributed by atoms with Gasteiger partial charge in [0.15, 0.2) is 0 Å². The Morgan fingerprint density at radius 1 is 0.964 bits per heavy atom. The van der Waals surface area contributed by atoms with Crippen molar-refractivity contribution >= 4 is 24.7 Å². The Balaban J connectivity index is 1.70. The van der Waals surface area contributed by atoms with Crippen LogP contribution in [0.5, 0.6) is 0 Å². The van der Waals surface area contributed by atoms with Crippen LogP contribution in [0.3, 0.4) is 0 Å². The fourth-order valence-corrected chi connectivity index (χ4v) is 9.78. The molecule has 0 amide bonds. The standard InChI is InChI=1S/C24H30O3Si/c1-24(2,3)28(19-10-6-4-7-11-19,20-12-8-5-9-13-20)26-17-18-14-15-22-21(18)16-23(25)27-22/h4-13,18,21-22H,14-17H2,1-3H3/t18-,21+,22+/m1/s1. The van der Waals surface area contributed by atoms with Gasteiger partial charge in [-0.3, -0.25) is 4.79 Å². The number of hydrogen-bond donors (Lipinski definition) is 0. The van der Waals surface area contributed by atoms with E-state index in [0.717, 1.165) is 12.8 Å². The topological polar surface area (TPSA) is 35.5 Å². The highest BCUT2D eigenvalue weighted by atomic mass is 28.4. The molecular formula is C24H30O3Si. The lowest BCUT2D eigenvalue weighted by molar-refractivity contribution is -0.141. The zero-order chi connectivity index (χ0) is 19.8. The molecule has 3 nitrogen and oxygen atoms in total. The van der Waals surface area contributed by atoms with E-state index in [1.165, 1.54) is 10.4 Å². The molecule has 2 fully saturated rings. The second-order valence-electron chi connectivity index (χ2n) is 9.21. The van der Waals surface area contributed by atoms with Crippen molar-refractivity contribution in [2.45, 2.75) is 51.2 Å². The zero-order valence-electron chi connectivity index (χ0n) is 17.1. The van der Waals surface area contributed by atoms with Crippen molar-refractivity contribution in [3.8, 4) is 0 Å². The molecule has 0 radical (unpaired) electrons. The smallest absolute Gasteiger partial charge is 0.306 e. The lowest BCUT2D eigenvalue weighted by Gasteiger charge is -2.43. The summed E-state index contributed by atoms with van der Waals surface area (Å²) in [5.41, 5.74) is 0. The van der Waals surface area contributed by atoms with Crippen LogP contribution in [0, 0.1) is 11.8 Å². The van der Waals surface area contributed by atoms with Gasteiger partial charge in [-0.15, -0.1) is 0 Å². The van der Waals surface area contributed by atoms with Crippen molar-refractivity contribution in [3.63, 3.8) is 0 Å². The van der Waals surface area contributed by atoms with Gasteiger partial charge in [0.2, 0.25) is 0 Å². The molecule has 148 valence electrons. The number of fused-ring (bicyclic) bond motifs is 1. The van der Waals surface area contributed by atoms with E-state index in [9.17, 15) is 4.79 Å². The van der Waals surface area contributed by atoms with Crippen LogP contribution < -0.4 is 10.4 Å². The number of carbonyl (C=O) groups excluding carboxylic acids is 1. The van der Waals surface area contributed by atoms with Crippen LogP contribution in [0.4, 0.5) is 0 Å². The third-order valence-corrected chi connectivity index (χ3v) is 11.5. The summed E-state index contributed by atoms with van der Waals surface area (Å²) in [6.45, 7) is 7.61. The van der Waals surface area contributed by atoms with Crippen molar-refractivity contribution in [1.82, 2.24) is 0 Å². The normalized spacial score (nSPS) is 24.8. The van der Waals surface area contributed by atoms with Crippen molar-refractivity contribution in [1.29, 1.82) is 0 Å². The number of esters is 1. The number of rotatable bonds is 5. The minimum absolute atomic E-state index is 0.0181. The van der Waals surface area contributed by atoms with Gasteiger partial charge in [0.1, 0.15) is 6.10 Å². The van der Waals surface area contributed by atoms with Crippen LogP contribution in [0.1, 0.15) is 40.0 Å². The summed E-state index contributed by atoms with van der Waals surface area (Å²) in [6, 6.07) is 21.5. The largest absolute Gasteiger partial charge is 0.462 e. The van der Waals surface area contributed by atoms with Gasteiger partial charge in [-0.2, -0.15) is 0 Å². The maximum absolute atomic E-state index is 11.8. The van der Waals surface area contributed by atoms with Crippen LogP contribution in [0.25, 0.3) is 0 Å². The van der Waals surface area contributed by atoms with E-state index in [2.05, 4.69) is 81.4 Å². The summed E-state index contributed by atoms with van der Waals surface area (Å²) in [4.78, 5) is 11.8. The van der Waals surface area contributed by atoms with Crippen molar-refractivity contribution in [2.24, 2.45) is 11.8 Å². The maximum Gasteiger partial charge on any atom is 0.306 e. The third-order valence-electron chi connectivity index (χ3n) is 6.52. The van der Waals surface area contributed by atoms with Crippen LogP contribution in [-0.2, 0) is 14.0 Å². The number of hydrogen-bond acceptors (Lipinski definition) is 3. The first-order valence-electron chi connectivity index (χ1n) is 10.4. The molecule has 0 bridgehead atoms. The number of carbonyl (C=O) groups is 1. The fourth-order valence-electron chi connectivity index (χ4n) is 5.16. The molecule has 0 spiro atoms. The third kappa shape index (κ3) is 3.33. The molecule has 1 aliphatic carbocycles. The first-order chi connectivity index (χ1) is 13.4. The van der Waals surface area contributed by atoms with Gasteiger partial charge in [0, 0.05) is 12.5 Å². The second kappa shape index (κ2) is 7.49. The molecule has 2 aromatic rings. The average molecular weight is 395 g/mol. The van der Waals surface area contributed by atoms with Gasteiger partial charge in [-0.1, -0.05) is 81.4 Å². The Labute approximate surface area is 169 Å². The van der Waals surface area contributed by atoms with Gasteiger partial charge < -0.3 is 9.16 Å². The summed E-state index contributed by atoms with van der Waals surface area (Å²) >= 11 is 0. The average Bonchev–Trinajstić information content (AvgIpc) is 3.22. The fraction of sp³-hybridized carbons (Fsp3) is 0.458. The molecule has 4 rings (SSSR count). The molecule has 2 aliphatic rings. The predicted octanol–water partition coefficient (Wildman–Crippen LogP) is 3.90. The highest BCUT2D eigenvalue weighted by molar-refractivity contribution is 6.99. The van der Waals surface area contributed by atoms with Crippen molar-refractivity contribution in [2.75, 3.05) is 6.61 Å². The quantitative estimate of drug-likeness (QED) is 0.570. The molecule has 1 heterocycles. The summed E-state index contributed by atoms with van der Waals surface area (Å²) < 4.78 is 12.6. The molecule has 1 saturated heterocycles. The lowest BCUT2D eigenvalue weighted by Crippen LogP contribution is -2.67. The van der Waals surface area contributed by atoms with Gasteiger partial charge in [0.05, 0.1) is 6.42 Å². The number of benzene rings is 2. The molecule has 2 aromatic carbocycles. The van der Waals surface area contributed by atoms with Gasteiger partial charge >= 0.3 is 5.97 Å². The highest BCUT2D eigenvalue weighted by Gasteiger charge is 2.52. The summed E-state index contributed by atoms with van der Waals surface area (Å²) in [6.07, 6.45) is 2.73. The van der Waals surface area contributed by atoms with E-state index >= 15 is 0 Å². The highest BCUT2D eigenvalue weighted by Crippen LogP contribution is 2.43. The summed E-state index contributed by atoms with van der Waals surface area (Å²) in [5, 5.41) is 2.60. The molecule has 1 aliphatic heterocycles. The monoisotopic (exact) mass is 394 g/mol. The van der Waals surface area contributed by atoms with Gasteiger partial charge in [-0.25, -0.2) is 0 Å². The minimum atomic E-state index is -2.50. The van der Waals surface area contributed by atoms with E-state index in [0.29, 0.717) is 24.9 Å². The van der Waals surface area contributed by atoms with Crippen LogP contribution in [0.15, 0.2) is 60.7 Å². The van der Waals surface area contributed by atoms with E-state index in [4.69, 9.17) is 9.16 Å². The van der Waals surface area contributed by atoms with E-state index in [1.54, 1.807) is 0 Å². The predicted molar refractivity (Wildman–Crippen MR) is 114 cm³/mol. The first kappa shape index (κ1) is 19.4. The minimum Gasteiger partial charge on any atom is -0.462 e. The molecule has 28 heavy (non-hydrogen) atoms. The zero-order valence-corrected chi connectivity index (χ0v) is 18.1. The van der Waals surface area contributed by atoms with Crippen LogP contribution in [-0.4, -0.2) is 27.0 Å². The van der Waals surface area contributed by atoms with Crippen molar-refractivity contribution in [3.05, 3.63) is 60.7 Å². The summed E-state index contributed by atoms with van der Waals surface area (Å²) in [5.74, 6) is 0.689. The molecule has 4 heteroatoms. The first-order valence-corrected chi connectivity index (χ1v) is 12.3. The van der Waals surface area contributed by atoms with Crippen molar-refractivity contribution < 1.29 is 14.0 Å². The van der Waals surface area contributed by atoms with E-state index in [-0.39, 0.29) is 17.1 Å². The van der Waals surface area contributed by atoms with Crippen LogP contribution >= 0.6 is 0 Å². The molecule has 0 N–H and O–H groups in total. The molecule has 0 aromatic heterocycles. The van der Waals surface area contributed by atoms with Gasteiger partial charge in [-0.05, 0) is 34.2 Å². The number of ether oxygens (including phenoxy) is 1. The Morgan fingerprint density at radius 2 is 1.54 bits per heavy atom. The SMILES string of the molecule is CC(C)(C)[Si](OC[C@H]1CC[C@@H]2OC(=O)C[C@@H]12)(c1ccccc1)c1ccccc1. The Hall–Kier alpha value is -1.91. The molecular weight excluding hydrogens is 364 g/mol. The Morgan fingerprint density at radius 3 is 2.07 bits per heavy atom. The molecule has 1 saturated carbocycles. The van der Waals surface area contributed by atoms with Gasteiger partial charge in [0.25, 0.3) is 8.32 Å². The Kier molecular flexibility index (Phi) is 5.19. The van der Waals surface area contributed by atoms with Crippen LogP contribution in [0.2, 0.25) is 5.04 Å². The molecule has 3 atom stereocenters. The summed E-state index contributed by atoms with van der Waals surface area (Å²) in [7, 11) is -2.50. The lowest BCUT2D eigenvalue weighted by atomic mass is 9.94. The Bertz CT molecular complexity index is 773.